The Hall–Kier alpha value is -1.44. The van der Waals surface area contributed by atoms with Crippen LogP contribution in [-0.4, -0.2) is 13.1 Å². The SMILES string of the molecule is C=CCN1CCc2cccc(N)c21. The molecule has 2 heteroatoms. The van der Waals surface area contributed by atoms with Crippen LogP contribution < -0.4 is 10.6 Å². The van der Waals surface area contributed by atoms with Crippen LogP contribution in [0.2, 0.25) is 0 Å². The number of fused-ring (bicyclic) bond motifs is 1. The molecule has 1 aromatic rings. The predicted octanol–water partition coefficient (Wildman–Crippen LogP) is 1.82. The summed E-state index contributed by atoms with van der Waals surface area (Å²) in [5, 5.41) is 0. The van der Waals surface area contributed by atoms with Gasteiger partial charge in [-0.25, -0.2) is 0 Å². The van der Waals surface area contributed by atoms with Crippen LogP contribution in [0.25, 0.3) is 0 Å². The van der Waals surface area contributed by atoms with Gasteiger partial charge in [-0.2, -0.15) is 0 Å². The predicted molar refractivity (Wildman–Crippen MR) is 57.0 cm³/mol. The van der Waals surface area contributed by atoms with Gasteiger partial charge < -0.3 is 10.6 Å². The molecule has 13 heavy (non-hydrogen) atoms. The topological polar surface area (TPSA) is 29.3 Å². The van der Waals surface area contributed by atoms with Crippen molar-refractivity contribution in [3.05, 3.63) is 36.4 Å². The lowest BCUT2D eigenvalue weighted by molar-refractivity contribution is 0.905. The summed E-state index contributed by atoms with van der Waals surface area (Å²) < 4.78 is 0. The van der Waals surface area contributed by atoms with Crippen LogP contribution in [0.5, 0.6) is 0 Å². The van der Waals surface area contributed by atoms with E-state index in [-0.39, 0.29) is 0 Å². The first kappa shape index (κ1) is 8.17. The average Bonchev–Trinajstić information content (AvgIpc) is 2.51. The minimum atomic E-state index is 0.886. The van der Waals surface area contributed by atoms with Crippen molar-refractivity contribution < 1.29 is 0 Å². The van der Waals surface area contributed by atoms with Crippen LogP contribution >= 0.6 is 0 Å². The molecule has 0 spiro atoms. The molecule has 0 aromatic heterocycles. The first-order chi connectivity index (χ1) is 6.33. The third kappa shape index (κ3) is 1.28. The molecule has 2 rings (SSSR count). The van der Waals surface area contributed by atoms with Gasteiger partial charge in [0.2, 0.25) is 0 Å². The molecule has 0 bridgehead atoms. The van der Waals surface area contributed by atoms with Gasteiger partial charge in [0, 0.05) is 13.1 Å². The molecule has 2 nitrogen and oxygen atoms in total. The molecule has 0 radical (unpaired) electrons. The van der Waals surface area contributed by atoms with Crippen molar-refractivity contribution in [3.8, 4) is 0 Å². The normalized spacial score (nSPS) is 14.3. The summed E-state index contributed by atoms with van der Waals surface area (Å²) in [7, 11) is 0. The van der Waals surface area contributed by atoms with E-state index in [1.807, 2.05) is 18.2 Å². The molecular formula is C11H14N2. The number of hydrogen-bond donors (Lipinski definition) is 1. The summed E-state index contributed by atoms with van der Waals surface area (Å²) in [6, 6.07) is 6.13. The number of rotatable bonds is 2. The van der Waals surface area contributed by atoms with E-state index in [0.717, 1.165) is 25.2 Å². The molecule has 0 amide bonds. The van der Waals surface area contributed by atoms with E-state index in [9.17, 15) is 0 Å². The summed E-state index contributed by atoms with van der Waals surface area (Å²) in [6.45, 7) is 5.70. The first-order valence-electron chi connectivity index (χ1n) is 4.56. The Morgan fingerprint density at radius 3 is 3.15 bits per heavy atom. The lowest BCUT2D eigenvalue weighted by Crippen LogP contribution is -2.20. The zero-order valence-corrected chi connectivity index (χ0v) is 7.66. The number of anilines is 2. The quantitative estimate of drug-likeness (QED) is 0.547. The number of benzene rings is 1. The van der Waals surface area contributed by atoms with E-state index >= 15 is 0 Å². The van der Waals surface area contributed by atoms with Gasteiger partial charge >= 0.3 is 0 Å². The van der Waals surface area contributed by atoms with Gasteiger partial charge in [0.1, 0.15) is 0 Å². The fourth-order valence-corrected chi connectivity index (χ4v) is 1.90. The highest BCUT2D eigenvalue weighted by atomic mass is 15.2. The summed E-state index contributed by atoms with van der Waals surface area (Å²) in [4.78, 5) is 2.28. The van der Waals surface area contributed by atoms with Crippen molar-refractivity contribution >= 4 is 11.4 Å². The fraction of sp³-hybridized carbons (Fsp3) is 0.273. The number of para-hydroxylation sites is 1. The molecule has 68 valence electrons. The highest BCUT2D eigenvalue weighted by Gasteiger charge is 2.19. The number of hydrogen-bond acceptors (Lipinski definition) is 2. The minimum absolute atomic E-state index is 0.886. The lowest BCUT2D eigenvalue weighted by Gasteiger charge is -2.18. The Balaban J connectivity index is 2.39. The lowest BCUT2D eigenvalue weighted by atomic mass is 10.1. The van der Waals surface area contributed by atoms with Gasteiger partial charge in [-0.05, 0) is 18.1 Å². The summed E-state index contributed by atoms with van der Waals surface area (Å²) in [5.41, 5.74) is 9.38. The van der Waals surface area contributed by atoms with Crippen LogP contribution in [0, 0.1) is 0 Å². The van der Waals surface area contributed by atoms with Gasteiger partial charge in [0.15, 0.2) is 0 Å². The van der Waals surface area contributed by atoms with Crippen LogP contribution in [0.15, 0.2) is 30.9 Å². The minimum Gasteiger partial charge on any atom is -0.397 e. The van der Waals surface area contributed by atoms with Gasteiger partial charge in [0.05, 0.1) is 11.4 Å². The number of nitrogens with zero attached hydrogens (tertiary/aromatic N) is 1. The van der Waals surface area contributed by atoms with Crippen LogP contribution in [0.3, 0.4) is 0 Å². The Kier molecular flexibility index (Phi) is 1.97. The standard InChI is InChI=1S/C11H14N2/c1-2-7-13-8-6-9-4-3-5-10(12)11(9)13/h2-5H,1,6-8,12H2. The second kappa shape index (κ2) is 3.13. The highest BCUT2D eigenvalue weighted by Crippen LogP contribution is 2.33. The van der Waals surface area contributed by atoms with Crippen LogP contribution in [0.4, 0.5) is 11.4 Å². The summed E-state index contributed by atoms with van der Waals surface area (Å²) in [6.07, 6.45) is 3.02. The Bertz CT molecular complexity index is 331. The largest absolute Gasteiger partial charge is 0.397 e. The number of nitrogen functional groups attached to an aromatic ring is 1. The van der Waals surface area contributed by atoms with Gasteiger partial charge in [0.25, 0.3) is 0 Å². The highest BCUT2D eigenvalue weighted by molar-refractivity contribution is 5.74. The number of nitrogens with two attached hydrogens (primary N) is 1. The first-order valence-corrected chi connectivity index (χ1v) is 4.56. The van der Waals surface area contributed by atoms with E-state index in [2.05, 4.69) is 17.5 Å². The molecule has 1 aromatic carbocycles. The third-order valence-corrected chi connectivity index (χ3v) is 2.47. The van der Waals surface area contributed by atoms with Crippen LogP contribution in [0.1, 0.15) is 5.56 Å². The van der Waals surface area contributed by atoms with Crippen molar-refractivity contribution in [2.75, 3.05) is 23.7 Å². The zero-order chi connectivity index (χ0) is 9.26. The average molecular weight is 174 g/mol. The Morgan fingerprint density at radius 1 is 1.54 bits per heavy atom. The Labute approximate surface area is 78.7 Å². The molecule has 1 aliphatic heterocycles. The molecule has 0 saturated carbocycles. The van der Waals surface area contributed by atoms with Crippen molar-refractivity contribution in [2.24, 2.45) is 0 Å². The van der Waals surface area contributed by atoms with E-state index < -0.39 is 0 Å². The molecule has 0 fully saturated rings. The maximum atomic E-state index is 5.92. The molecule has 2 N–H and O–H groups in total. The van der Waals surface area contributed by atoms with Gasteiger partial charge in [-0.15, -0.1) is 6.58 Å². The molecule has 1 heterocycles. The van der Waals surface area contributed by atoms with Crippen molar-refractivity contribution in [1.82, 2.24) is 0 Å². The van der Waals surface area contributed by atoms with Crippen molar-refractivity contribution in [2.45, 2.75) is 6.42 Å². The van der Waals surface area contributed by atoms with Gasteiger partial charge in [-0.3, -0.25) is 0 Å². The second-order valence-electron chi connectivity index (χ2n) is 3.34. The van der Waals surface area contributed by atoms with Crippen LogP contribution in [-0.2, 0) is 6.42 Å². The molecule has 1 aliphatic rings. The third-order valence-electron chi connectivity index (χ3n) is 2.47. The smallest absolute Gasteiger partial charge is 0.0636 e. The molecule has 0 atom stereocenters. The van der Waals surface area contributed by atoms with Crippen molar-refractivity contribution in [1.29, 1.82) is 0 Å². The van der Waals surface area contributed by atoms with Crippen molar-refractivity contribution in [3.63, 3.8) is 0 Å². The Morgan fingerprint density at radius 2 is 2.38 bits per heavy atom. The zero-order valence-electron chi connectivity index (χ0n) is 7.66. The maximum Gasteiger partial charge on any atom is 0.0636 e. The van der Waals surface area contributed by atoms with E-state index in [0.29, 0.717) is 0 Å². The van der Waals surface area contributed by atoms with Gasteiger partial charge in [-0.1, -0.05) is 18.2 Å². The summed E-state index contributed by atoms with van der Waals surface area (Å²) >= 11 is 0. The summed E-state index contributed by atoms with van der Waals surface area (Å²) in [5.74, 6) is 0. The van der Waals surface area contributed by atoms with E-state index in [4.69, 9.17) is 5.73 Å². The van der Waals surface area contributed by atoms with E-state index in [1.165, 1.54) is 11.3 Å². The molecular weight excluding hydrogens is 160 g/mol. The molecule has 0 saturated heterocycles. The second-order valence-corrected chi connectivity index (χ2v) is 3.34. The fourth-order valence-electron chi connectivity index (χ4n) is 1.90. The molecule has 0 unspecified atom stereocenters. The maximum absolute atomic E-state index is 5.92. The monoisotopic (exact) mass is 174 g/mol. The van der Waals surface area contributed by atoms with E-state index in [1.54, 1.807) is 0 Å². The molecule has 0 aliphatic carbocycles.